The maximum atomic E-state index is 10.5. The molecule has 21 heavy (non-hydrogen) atoms. The Morgan fingerprint density at radius 3 is 2.86 bits per heavy atom. The molecule has 0 atom stereocenters. The van der Waals surface area contributed by atoms with Crippen LogP contribution in [0, 0.1) is 0 Å². The van der Waals surface area contributed by atoms with Crippen molar-refractivity contribution in [2.24, 2.45) is 5.10 Å². The number of nitrogens with zero attached hydrogens (tertiary/aromatic N) is 3. The van der Waals surface area contributed by atoms with Gasteiger partial charge in [-0.3, -0.25) is 20.2 Å². The van der Waals surface area contributed by atoms with Crippen LogP contribution >= 0.6 is 12.2 Å². The van der Waals surface area contributed by atoms with Gasteiger partial charge in [-0.1, -0.05) is 0 Å². The van der Waals surface area contributed by atoms with E-state index in [-0.39, 0.29) is 25.9 Å². The molecule has 0 aromatic carbocycles. The lowest BCUT2D eigenvalue weighted by molar-refractivity contribution is -0.142. The molecule has 1 aromatic rings. The molecular formula is C12H17N5O3S. The zero-order valence-electron chi connectivity index (χ0n) is 11.8. The van der Waals surface area contributed by atoms with E-state index in [2.05, 4.69) is 25.8 Å². The standard InChI is InChI=1S/C12H17N5O3S/c1-9(11-7-13-3-4-14-11)16-17-12(21)15-8-19-5-6-20-10(2)18/h3-4,7H,5-6,8H2,1-2H3,(H2,15,17,21). The number of aromatic nitrogens is 2. The summed E-state index contributed by atoms with van der Waals surface area (Å²) in [6.45, 7) is 3.81. The fourth-order valence-corrected chi connectivity index (χ4v) is 1.25. The van der Waals surface area contributed by atoms with Crippen molar-refractivity contribution in [2.75, 3.05) is 19.9 Å². The molecule has 0 saturated carbocycles. The number of thiocarbonyl (C=S) groups is 1. The highest BCUT2D eigenvalue weighted by molar-refractivity contribution is 7.80. The first-order valence-electron chi connectivity index (χ1n) is 6.15. The lowest BCUT2D eigenvalue weighted by atomic mass is 10.3. The lowest BCUT2D eigenvalue weighted by Gasteiger charge is -2.08. The SMILES string of the molecule is CC(=O)OCCOCNC(=S)NN=C(C)c1cnccn1. The molecular weight excluding hydrogens is 294 g/mol. The van der Waals surface area contributed by atoms with Crippen molar-refractivity contribution in [2.45, 2.75) is 13.8 Å². The third-order valence-corrected chi connectivity index (χ3v) is 2.36. The highest BCUT2D eigenvalue weighted by Crippen LogP contribution is 1.92. The number of carbonyl (C=O) groups is 1. The number of hydrogen-bond acceptors (Lipinski definition) is 7. The smallest absolute Gasteiger partial charge is 0.302 e. The van der Waals surface area contributed by atoms with E-state index in [1.807, 2.05) is 0 Å². The van der Waals surface area contributed by atoms with E-state index >= 15 is 0 Å². The molecule has 0 fully saturated rings. The highest BCUT2D eigenvalue weighted by atomic mass is 32.1. The molecule has 1 aromatic heterocycles. The van der Waals surface area contributed by atoms with Gasteiger partial charge in [0.2, 0.25) is 0 Å². The van der Waals surface area contributed by atoms with E-state index < -0.39 is 0 Å². The second kappa shape index (κ2) is 9.72. The summed E-state index contributed by atoms with van der Waals surface area (Å²) in [6.07, 6.45) is 4.78. The van der Waals surface area contributed by atoms with E-state index in [4.69, 9.17) is 21.7 Å². The summed E-state index contributed by atoms with van der Waals surface area (Å²) in [5, 5.41) is 7.17. The first-order valence-corrected chi connectivity index (χ1v) is 6.56. The Bertz CT molecular complexity index is 495. The number of rotatable bonds is 7. The van der Waals surface area contributed by atoms with Crippen LogP contribution in [0.25, 0.3) is 0 Å². The average Bonchev–Trinajstić information content (AvgIpc) is 2.49. The van der Waals surface area contributed by atoms with Crippen molar-refractivity contribution >= 4 is 29.0 Å². The first-order chi connectivity index (χ1) is 10.1. The van der Waals surface area contributed by atoms with Gasteiger partial charge in [0.15, 0.2) is 5.11 Å². The van der Waals surface area contributed by atoms with Crippen LogP contribution in [0.15, 0.2) is 23.7 Å². The largest absolute Gasteiger partial charge is 0.463 e. The first kappa shape index (κ1) is 16.9. The molecule has 0 unspecified atom stereocenters. The van der Waals surface area contributed by atoms with Crippen LogP contribution in [-0.4, -0.2) is 46.7 Å². The third-order valence-electron chi connectivity index (χ3n) is 2.13. The van der Waals surface area contributed by atoms with Gasteiger partial charge in [-0.05, 0) is 19.1 Å². The van der Waals surface area contributed by atoms with Crippen molar-refractivity contribution in [3.8, 4) is 0 Å². The van der Waals surface area contributed by atoms with Crippen LogP contribution in [0.2, 0.25) is 0 Å². The molecule has 9 heteroatoms. The van der Waals surface area contributed by atoms with Gasteiger partial charge in [-0.15, -0.1) is 0 Å². The Labute approximate surface area is 128 Å². The van der Waals surface area contributed by atoms with Gasteiger partial charge in [0.25, 0.3) is 0 Å². The molecule has 0 bridgehead atoms. The summed E-state index contributed by atoms with van der Waals surface area (Å²) in [7, 11) is 0. The maximum absolute atomic E-state index is 10.5. The highest BCUT2D eigenvalue weighted by Gasteiger charge is 1.99. The summed E-state index contributed by atoms with van der Waals surface area (Å²) in [4.78, 5) is 18.6. The normalized spacial score (nSPS) is 10.9. The van der Waals surface area contributed by atoms with Gasteiger partial charge >= 0.3 is 5.97 Å². The number of nitrogens with one attached hydrogen (secondary N) is 2. The molecule has 0 spiro atoms. The van der Waals surface area contributed by atoms with E-state index in [0.29, 0.717) is 16.5 Å². The zero-order valence-corrected chi connectivity index (χ0v) is 12.6. The van der Waals surface area contributed by atoms with Gasteiger partial charge in [-0.25, -0.2) is 0 Å². The average molecular weight is 311 g/mol. The minimum Gasteiger partial charge on any atom is -0.463 e. The van der Waals surface area contributed by atoms with Gasteiger partial charge in [0.05, 0.1) is 18.5 Å². The Morgan fingerprint density at radius 2 is 2.19 bits per heavy atom. The maximum Gasteiger partial charge on any atom is 0.302 e. The topological polar surface area (TPSA) is 97.7 Å². The number of ether oxygens (including phenoxy) is 2. The van der Waals surface area contributed by atoms with Crippen LogP contribution in [0.5, 0.6) is 0 Å². The molecule has 1 heterocycles. The Kier molecular flexibility index (Phi) is 7.84. The van der Waals surface area contributed by atoms with Crippen molar-refractivity contribution in [3.63, 3.8) is 0 Å². The summed E-state index contributed by atoms with van der Waals surface area (Å²) >= 11 is 5.01. The second-order valence-corrected chi connectivity index (χ2v) is 4.21. The predicted molar refractivity (Wildman–Crippen MR) is 80.6 cm³/mol. The van der Waals surface area contributed by atoms with Gasteiger partial charge < -0.3 is 14.8 Å². The monoisotopic (exact) mass is 311 g/mol. The molecule has 1 rings (SSSR count). The predicted octanol–water partition coefficient (Wildman–Crippen LogP) is 0.202. The lowest BCUT2D eigenvalue weighted by Crippen LogP contribution is -2.34. The summed E-state index contributed by atoms with van der Waals surface area (Å²) in [5.74, 6) is -0.336. The van der Waals surface area contributed by atoms with Crippen LogP contribution in [0.1, 0.15) is 19.5 Å². The van der Waals surface area contributed by atoms with E-state index in [1.54, 1.807) is 25.5 Å². The quantitative estimate of drug-likeness (QED) is 0.184. The minimum absolute atomic E-state index is 0.187. The fourth-order valence-electron chi connectivity index (χ4n) is 1.15. The van der Waals surface area contributed by atoms with E-state index in [9.17, 15) is 4.79 Å². The van der Waals surface area contributed by atoms with E-state index in [1.165, 1.54) is 6.92 Å². The molecule has 0 saturated heterocycles. The molecule has 2 N–H and O–H groups in total. The van der Waals surface area contributed by atoms with Crippen molar-refractivity contribution in [1.82, 2.24) is 20.7 Å². The fraction of sp³-hybridized carbons (Fsp3) is 0.417. The molecule has 0 amide bonds. The van der Waals surface area contributed by atoms with Crippen molar-refractivity contribution in [1.29, 1.82) is 0 Å². The van der Waals surface area contributed by atoms with E-state index in [0.717, 1.165) is 0 Å². The molecule has 0 aliphatic heterocycles. The Balaban J connectivity index is 2.18. The number of hydrazone groups is 1. The summed E-state index contributed by atoms with van der Waals surface area (Å²) < 4.78 is 9.86. The number of hydrogen-bond donors (Lipinski definition) is 2. The van der Waals surface area contributed by atoms with Crippen LogP contribution in [0.3, 0.4) is 0 Å². The molecule has 114 valence electrons. The van der Waals surface area contributed by atoms with Crippen molar-refractivity contribution < 1.29 is 14.3 Å². The van der Waals surface area contributed by atoms with Gasteiger partial charge in [0, 0.05) is 19.3 Å². The van der Waals surface area contributed by atoms with Gasteiger partial charge in [0.1, 0.15) is 19.0 Å². The molecule has 0 aliphatic rings. The summed E-state index contributed by atoms with van der Waals surface area (Å²) in [6, 6.07) is 0. The summed E-state index contributed by atoms with van der Waals surface area (Å²) in [5.41, 5.74) is 3.98. The zero-order chi connectivity index (χ0) is 15.5. The minimum atomic E-state index is -0.336. The van der Waals surface area contributed by atoms with Crippen LogP contribution in [-0.2, 0) is 14.3 Å². The number of carbonyl (C=O) groups excluding carboxylic acids is 1. The van der Waals surface area contributed by atoms with Crippen molar-refractivity contribution in [3.05, 3.63) is 24.3 Å². The van der Waals surface area contributed by atoms with Crippen LogP contribution < -0.4 is 10.7 Å². The second-order valence-electron chi connectivity index (χ2n) is 3.80. The molecule has 0 aliphatic carbocycles. The number of esters is 1. The Hall–Kier alpha value is -2.13. The third kappa shape index (κ3) is 7.90. The molecule has 0 radical (unpaired) electrons. The molecule has 8 nitrogen and oxygen atoms in total. The van der Waals surface area contributed by atoms with Gasteiger partial charge in [-0.2, -0.15) is 5.10 Å². The Morgan fingerprint density at radius 1 is 1.38 bits per heavy atom. The van der Waals surface area contributed by atoms with Crippen LogP contribution in [0.4, 0.5) is 0 Å².